The third-order valence-electron chi connectivity index (χ3n) is 2.46. The first-order valence-corrected chi connectivity index (χ1v) is 6.23. The first-order chi connectivity index (χ1) is 9.13. The quantitative estimate of drug-likeness (QED) is 0.892. The van der Waals surface area contributed by atoms with E-state index in [1.54, 1.807) is 7.11 Å². The summed E-state index contributed by atoms with van der Waals surface area (Å²) in [6, 6.07) is 8.77. The van der Waals surface area contributed by atoms with Crippen molar-refractivity contribution in [3.8, 4) is 5.75 Å². The molecular formula is C13H12N2O3S. The van der Waals surface area contributed by atoms with Crippen LogP contribution in [0.3, 0.4) is 0 Å². The Morgan fingerprint density at radius 3 is 2.79 bits per heavy atom. The third-order valence-corrected chi connectivity index (χ3v) is 3.54. The van der Waals surface area contributed by atoms with Crippen molar-refractivity contribution in [2.45, 2.75) is 9.92 Å². The molecule has 0 aliphatic heterocycles. The van der Waals surface area contributed by atoms with Gasteiger partial charge >= 0.3 is 5.97 Å². The van der Waals surface area contributed by atoms with Gasteiger partial charge in [0.2, 0.25) is 0 Å². The molecule has 0 unspecified atom stereocenters. The molecule has 19 heavy (non-hydrogen) atoms. The van der Waals surface area contributed by atoms with Crippen molar-refractivity contribution in [3.05, 3.63) is 42.1 Å². The topological polar surface area (TPSA) is 85.4 Å². The largest absolute Gasteiger partial charge is 0.496 e. The summed E-state index contributed by atoms with van der Waals surface area (Å²) < 4.78 is 5.23. The van der Waals surface area contributed by atoms with E-state index in [-0.39, 0.29) is 11.3 Å². The van der Waals surface area contributed by atoms with Crippen LogP contribution in [-0.2, 0) is 0 Å². The number of carboxylic acids is 1. The van der Waals surface area contributed by atoms with Gasteiger partial charge in [0.15, 0.2) is 0 Å². The van der Waals surface area contributed by atoms with Crippen molar-refractivity contribution in [1.29, 1.82) is 0 Å². The van der Waals surface area contributed by atoms with Gasteiger partial charge in [0.05, 0.1) is 23.3 Å². The van der Waals surface area contributed by atoms with E-state index < -0.39 is 5.97 Å². The fraction of sp³-hybridized carbons (Fsp3) is 0.0769. The van der Waals surface area contributed by atoms with Gasteiger partial charge in [-0.3, -0.25) is 0 Å². The molecule has 0 fully saturated rings. The summed E-state index contributed by atoms with van der Waals surface area (Å²) >= 11 is 1.27. The van der Waals surface area contributed by atoms with Gasteiger partial charge < -0.3 is 15.6 Å². The summed E-state index contributed by atoms with van der Waals surface area (Å²) in [5.41, 5.74) is 6.03. The molecule has 6 heteroatoms. The van der Waals surface area contributed by atoms with Gasteiger partial charge in [0.1, 0.15) is 10.8 Å². The first kappa shape index (κ1) is 13.2. The number of nitrogens with two attached hydrogens (primary N) is 1. The number of hydrogen-bond donors (Lipinski definition) is 2. The van der Waals surface area contributed by atoms with Crippen LogP contribution < -0.4 is 10.5 Å². The monoisotopic (exact) mass is 276 g/mol. The Hall–Kier alpha value is -2.21. The maximum Gasteiger partial charge on any atom is 0.337 e. The van der Waals surface area contributed by atoms with E-state index >= 15 is 0 Å². The van der Waals surface area contributed by atoms with E-state index in [0.717, 1.165) is 4.90 Å². The molecule has 0 saturated heterocycles. The lowest BCUT2D eigenvalue weighted by atomic mass is 10.2. The van der Waals surface area contributed by atoms with Crippen molar-refractivity contribution < 1.29 is 14.6 Å². The molecule has 0 radical (unpaired) electrons. The smallest absolute Gasteiger partial charge is 0.337 e. The van der Waals surface area contributed by atoms with E-state index in [1.807, 2.05) is 24.3 Å². The summed E-state index contributed by atoms with van der Waals surface area (Å²) in [6.45, 7) is 0. The highest BCUT2D eigenvalue weighted by Crippen LogP contribution is 2.36. The van der Waals surface area contributed by atoms with E-state index in [1.165, 1.54) is 24.0 Å². The molecule has 2 rings (SSSR count). The molecule has 3 N–H and O–H groups in total. The highest BCUT2D eigenvalue weighted by Gasteiger charge is 2.14. The van der Waals surface area contributed by atoms with Crippen LogP contribution >= 0.6 is 11.8 Å². The highest BCUT2D eigenvalue weighted by molar-refractivity contribution is 7.99. The van der Waals surface area contributed by atoms with Crippen molar-refractivity contribution >= 4 is 23.4 Å². The lowest BCUT2D eigenvalue weighted by Crippen LogP contribution is -2.04. The number of carboxylic acid groups (broad SMARTS) is 1. The van der Waals surface area contributed by atoms with E-state index in [9.17, 15) is 4.79 Å². The van der Waals surface area contributed by atoms with E-state index in [0.29, 0.717) is 10.8 Å². The van der Waals surface area contributed by atoms with Crippen molar-refractivity contribution in [3.63, 3.8) is 0 Å². The molecule has 5 nitrogen and oxygen atoms in total. The predicted octanol–water partition coefficient (Wildman–Crippen LogP) is 2.52. The average Bonchev–Trinajstić information content (AvgIpc) is 2.41. The maximum absolute atomic E-state index is 11.0. The van der Waals surface area contributed by atoms with Gasteiger partial charge in [-0.2, -0.15) is 0 Å². The first-order valence-electron chi connectivity index (χ1n) is 5.42. The number of rotatable bonds is 4. The fourth-order valence-electron chi connectivity index (χ4n) is 1.53. The number of ether oxygens (including phenoxy) is 1. The molecule has 0 spiro atoms. The van der Waals surface area contributed by atoms with Crippen LogP contribution in [0.15, 0.2) is 46.5 Å². The molecule has 0 aliphatic carbocycles. The molecule has 0 atom stereocenters. The number of aromatic carboxylic acids is 1. The van der Waals surface area contributed by atoms with E-state index in [4.69, 9.17) is 15.6 Å². The van der Waals surface area contributed by atoms with Crippen LogP contribution in [0.2, 0.25) is 0 Å². The Kier molecular flexibility index (Phi) is 3.91. The highest BCUT2D eigenvalue weighted by atomic mass is 32.2. The Labute approximate surface area is 114 Å². The van der Waals surface area contributed by atoms with Gasteiger partial charge in [-0.25, -0.2) is 9.78 Å². The van der Waals surface area contributed by atoms with Gasteiger partial charge in [0.25, 0.3) is 0 Å². The molecule has 2 aromatic rings. The molecule has 0 aliphatic rings. The van der Waals surface area contributed by atoms with Crippen LogP contribution in [0, 0.1) is 0 Å². The number of hydrogen-bond acceptors (Lipinski definition) is 5. The zero-order chi connectivity index (χ0) is 13.8. The average molecular weight is 276 g/mol. The molecule has 0 amide bonds. The summed E-state index contributed by atoms with van der Waals surface area (Å²) in [4.78, 5) is 15.9. The SMILES string of the molecule is COc1ccccc1Sc1nccc(C(=O)O)c1N. The Morgan fingerprint density at radius 1 is 1.37 bits per heavy atom. The molecule has 0 bridgehead atoms. The van der Waals surface area contributed by atoms with E-state index in [2.05, 4.69) is 4.98 Å². The van der Waals surface area contributed by atoms with Crippen LogP contribution in [0.4, 0.5) is 5.69 Å². The number of pyridine rings is 1. The number of nitrogens with zero attached hydrogens (tertiary/aromatic N) is 1. The van der Waals surface area contributed by atoms with Gasteiger partial charge in [-0.15, -0.1) is 0 Å². The van der Waals surface area contributed by atoms with Crippen molar-refractivity contribution in [2.24, 2.45) is 0 Å². The number of methoxy groups -OCH3 is 1. The van der Waals surface area contributed by atoms with Crippen LogP contribution in [0.5, 0.6) is 5.75 Å². The van der Waals surface area contributed by atoms with Gasteiger partial charge in [-0.05, 0) is 18.2 Å². The number of para-hydroxylation sites is 1. The minimum atomic E-state index is -1.07. The maximum atomic E-state index is 11.0. The third kappa shape index (κ3) is 2.79. The number of anilines is 1. The molecule has 98 valence electrons. The van der Waals surface area contributed by atoms with Crippen LogP contribution in [-0.4, -0.2) is 23.2 Å². The fourth-order valence-corrected chi connectivity index (χ4v) is 2.47. The molecule has 0 saturated carbocycles. The second-order valence-electron chi connectivity index (χ2n) is 3.64. The lowest BCUT2D eigenvalue weighted by molar-refractivity contribution is 0.0697. The van der Waals surface area contributed by atoms with Gasteiger partial charge in [-0.1, -0.05) is 23.9 Å². The summed E-state index contributed by atoms with van der Waals surface area (Å²) in [5, 5.41) is 9.46. The molecule has 1 aromatic carbocycles. The normalized spacial score (nSPS) is 10.2. The number of aromatic nitrogens is 1. The number of carbonyl (C=O) groups is 1. The molecular weight excluding hydrogens is 264 g/mol. The lowest BCUT2D eigenvalue weighted by Gasteiger charge is -2.09. The summed E-state index contributed by atoms with van der Waals surface area (Å²) in [6.07, 6.45) is 1.43. The number of nitrogen functional groups attached to an aromatic ring is 1. The second-order valence-corrected chi connectivity index (χ2v) is 4.67. The molecule has 1 aromatic heterocycles. The van der Waals surface area contributed by atoms with Crippen molar-refractivity contribution in [1.82, 2.24) is 4.98 Å². The summed E-state index contributed by atoms with van der Waals surface area (Å²) in [7, 11) is 1.57. The van der Waals surface area contributed by atoms with Gasteiger partial charge in [0, 0.05) is 6.20 Å². The minimum absolute atomic E-state index is 0.0485. The minimum Gasteiger partial charge on any atom is -0.496 e. The Balaban J connectivity index is 2.39. The number of benzene rings is 1. The standard InChI is InChI=1S/C13H12N2O3S/c1-18-9-4-2-3-5-10(9)19-12-11(14)8(13(16)17)6-7-15-12/h2-7H,14H2,1H3,(H,16,17). The zero-order valence-corrected chi connectivity index (χ0v) is 11.0. The second kappa shape index (κ2) is 5.62. The zero-order valence-electron chi connectivity index (χ0n) is 10.2. The van der Waals surface area contributed by atoms with Crippen LogP contribution in [0.25, 0.3) is 0 Å². The Morgan fingerprint density at radius 2 is 2.11 bits per heavy atom. The van der Waals surface area contributed by atoms with Crippen molar-refractivity contribution in [2.75, 3.05) is 12.8 Å². The summed E-state index contributed by atoms with van der Waals surface area (Å²) in [5.74, 6) is -0.379. The molecule has 1 heterocycles. The predicted molar refractivity (Wildman–Crippen MR) is 72.7 cm³/mol. The van der Waals surface area contributed by atoms with Crippen LogP contribution in [0.1, 0.15) is 10.4 Å². The Bertz CT molecular complexity index is 617.